The van der Waals surface area contributed by atoms with Crippen molar-refractivity contribution in [2.24, 2.45) is 5.73 Å². The third-order valence-corrected chi connectivity index (χ3v) is 2.40. The predicted molar refractivity (Wildman–Crippen MR) is 67.8 cm³/mol. The predicted octanol–water partition coefficient (Wildman–Crippen LogP) is 3.49. The van der Waals surface area contributed by atoms with Crippen molar-refractivity contribution in [2.75, 3.05) is 13.2 Å². The molecule has 18 heavy (non-hydrogen) atoms. The molecule has 0 spiro atoms. The van der Waals surface area contributed by atoms with Gasteiger partial charge in [-0.1, -0.05) is 28.6 Å². The zero-order chi connectivity index (χ0) is 13.8. The number of alkyl halides is 3. The fraction of sp³-hybridized carbons (Fsp3) is 0.333. The smallest absolute Gasteiger partial charge is 0.419 e. The second-order valence-corrected chi connectivity index (χ2v) is 4.79. The average molecular weight is 324 g/mol. The molecule has 0 fully saturated rings. The van der Waals surface area contributed by atoms with Crippen LogP contribution in [0.25, 0.3) is 0 Å². The van der Waals surface area contributed by atoms with Crippen LogP contribution in [0.2, 0.25) is 0 Å². The second-order valence-electron chi connectivity index (χ2n) is 3.67. The molecule has 0 saturated carbocycles. The first-order valence-corrected chi connectivity index (χ1v) is 6.00. The maximum Gasteiger partial charge on any atom is 0.419 e. The summed E-state index contributed by atoms with van der Waals surface area (Å²) in [4.78, 5) is 0. The molecule has 0 atom stereocenters. The lowest BCUT2D eigenvalue weighted by atomic mass is 10.1. The van der Waals surface area contributed by atoms with Gasteiger partial charge in [0.2, 0.25) is 0 Å². The van der Waals surface area contributed by atoms with E-state index in [1.54, 1.807) is 6.07 Å². The summed E-state index contributed by atoms with van der Waals surface area (Å²) in [6.45, 7) is 3.79. The van der Waals surface area contributed by atoms with Crippen molar-refractivity contribution in [3.8, 4) is 5.75 Å². The molecule has 1 aromatic rings. The largest absolute Gasteiger partial charge is 0.488 e. The van der Waals surface area contributed by atoms with Gasteiger partial charge in [-0.25, -0.2) is 0 Å². The SMILES string of the molecule is C=C(Br)COc1ccc(CCN)cc1C(F)(F)F. The molecular weight excluding hydrogens is 311 g/mol. The van der Waals surface area contributed by atoms with Crippen molar-refractivity contribution >= 4 is 15.9 Å². The summed E-state index contributed by atoms with van der Waals surface area (Å²) < 4.78 is 44.1. The van der Waals surface area contributed by atoms with Crippen LogP contribution >= 0.6 is 15.9 Å². The van der Waals surface area contributed by atoms with Crippen LogP contribution in [0.1, 0.15) is 11.1 Å². The summed E-state index contributed by atoms with van der Waals surface area (Å²) in [6.07, 6.45) is -4.05. The highest BCUT2D eigenvalue weighted by atomic mass is 79.9. The molecule has 2 nitrogen and oxygen atoms in total. The van der Waals surface area contributed by atoms with Crippen molar-refractivity contribution in [2.45, 2.75) is 12.6 Å². The Morgan fingerprint density at radius 3 is 2.56 bits per heavy atom. The Morgan fingerprint density at radius 2 is 2.06 bits per heavy atom. The molecule has 1 rings (SSSR count). The molecule has 6 heteroatoms. The summed E-state index contributed by atoms with van der Waals surface area (Å²) in [5, 5.41) is 0. The van der Waals surface area contributed by atoms with E-state index in [-0.39, 0.29) is 12.4 Å². The maximum absolute atomic E-state index is 12.8. The Kier molecular flexibility index (Phi) is 5.22. The third kappa shape index (κ3) is 4.34. The number of ether oxygens (including phenoxy) is 1. The van der Waals surface area contributed by atoms with E-state index in [2.05, 4.69) is 22.5 Å². The molecule has 0 unspecified atom stereocenters. The number of hydrogen-bond acceptors (Lipinski definition) is 2. The van der Waals surface area contributed by atoms with Gasteiger partial charge in [-0.3, -0.25) is 0 Å². The molecule has 0 aliphatic heterocycles. The Hall–Kier alpha value is -1.01. The fourth-order valence-electron chi connectivity index (χ4n) is 1.40. The summed E-state index contributed by atoms with van der Waals surface area (Å²) in [5.74, 6) is -0.205. The van der Waals surface area contributed by atoms with Crippen molar-refractivity contribution in [3.63, 3.8) is 0 Å². The Bertz CT molecular complexity index is 432. The average Bonchev–Trinajstić information content (AvgIpc) is 2.26. The topological polar surface area (TPSA) is 35.2 Å². The van der Waals surface area contributed by atoms with E-state index in [1.165, 1.54) is 6.07 Å². The lowest BCUT2D eigenvalue weighted by molar-refractivity contribution is -0.138. The van der Waals surface area contributed by atoms with Gasteiger partial charge in [0.05, 0.1) is 5.56 Å². The van der Waals surface area contributed by atoms with Gasteiger partial charge in [0.15, 0.2) is 0 Å². The molecule has 0 aliphatic rings. The van der Waals surface area contributed by atoms with Crippen LogP contribution in [0.3, 0.4) is 0 Å². The fourth-order valence-corrected chi connectivity index (χ4v) is 1.52. The van der Waals surface area contributed by atoms with Crippen molar-refractivity contribution in [3.05, 3.63) is 40.4 Å². The van der Waals surface area contributed by atoms with Crippen LogP contribution in [-0.2, 0) is 12.6 Å². The van der Waals surface area contributed by atoms with Crippen LogP contribution in [0.15, 0.2) is 29.3 Å². The number of nitrogens with two attached hydrogens (primary N) is 1. The van der Waals surface area contributed by atoms with Crippen LogP contribution in [-0.4, -0.2) is 13.2 Å². The summed E-state index contributed by atoms with van der Waals surface area (Å²) in [6, 6.07) is 3.96. The normalized spacial score (nSPS) is 11.4. The molecule has 100 valence electrons. The van der Waals surface area contributed by atoms with E-state index >= 15 is 0 Å². The molecule has 2 N–H and O–H groups in total. The number of benzene rings is 1. The summed E-state index contributed by atoms with van der Waals surface area (Å²) in [7, 11) is 0. The number of rotatable bonds is 5. The lowest BCUT2D eigenvalue weighted by Gasteiger charge is -2.15. The molecule has 0 heterocycles. The van der Waals surface area contributed by atoms with Gasteiger partial charge in [-0.2, -0.15) is 13.2 Å². The van der Waals surface area contributed by atoms with Gasteiger partial charge in [0, 0.05) is 4.48 Å². The summed E-state index contributed by atoms with van der Waals surface area (Å²) in [5.41, 5.74) is 5.07. The third-order valence-electron chi connectivity index (χ3n) is 2.17. The first kappa shape index (κ1) is 15.0. The number of hydrogen-bond donors (Lipinski definition) is 1. The van der Waals surface area contributed by atoms with E-state index in [4.69, 9.17) is 10.5 Å². The highest BCUT2D eigenvalue weighted by molar-refractivity contribution is 9.11. The highest BCUT2D eigenvalue weighted by Crippen LogP contribution is 2.37. The Balaban J connectivity index is 3.05. The van der Waals surface area contributed by atoms with E-state index < -0.39 is 11.7 Å². The monoisotopic (exact) mass is 323 g/mol. The summed E-state index contributed by atoms with van der Waals surface area (Å²) >= 11 is 3.03. The molecular formula is C12H13BrF3NO. The van der Waals surface area contributed by atoms with Gasteiger partial charge in [-0.05, 0) is 30.7 Å². The van der Waals surface area contributed by atoms with E-state index in [0.717, 1.165) is 6.07 Å². The van der Waals surface area contributed by atoms with Gasteiger partial charge in [-0.15, -0.1) is 0 Å². The Morgan fingerprint density at radius 1 is 1.39 bits per heavy atom. The molecule has 0 aromatic heterocycles. The van der Waals surface area contributed by atoms with E-state index in [9.17, 15) is 13.2 Å². The van der Waals surface area contributed by atoms with Crippen LogP contribution in [0.4, 0.5) is 13.2 Å². The number of halogens is 4. The standard InChI is InChI=1S/C12H13BrF3NO/c1-8(13)7-18-11-3-2-9(4-5-17)6-10(11)12(14,15)16/h2-3,6H,1,4-5,7,17H2. The minimum atomic E-state index is -4.45. The van der Waals surface area contributed by atoms with Gasteiger partial charge in [0.1, 0.15) is 12.4 Å². The molecule has 0 radical (unpaired) electrons. The zero-order valence-corrected chi connectivity index (χ0v) is 11.1. The van der Waals surface area contributed by atoms with Gasteiger partial charge >= 0.3 is 6.18 Å². The lowest BCUT2D eigenvalue weighted by Crippen LogP contribution is -2.11. The van der Waals surface area contributed by atoms with Crippen molar-refractivity contribution < 1.29 is 17.9 Å². The zero-order valence-electron chi connectivity index (χ0n) is 9.56. The van der Waals surface area contributed by atoms with Crippen LogP contribution in [0, 0.1) is 0 Å². The van der Waals surface area contributed by atoms with Gasteiger partial charge < -0.3 is 10.5 Å². The van der Waals surface area contributed by atoms with Crippen LogP contribution in [0.5, 0.6) is 5.75 Å². The molecule has 1 aromatic carbocycles. The van der Waals surface area contributed by atoms with Gasteiger partial charge in [0.25, 0.3) is 0 Å². The minimum absolute atomic E-state index is 0.0146. The molecule has 0 amide bonds. The first-order chi connectivity index (χ1) is 8.34. The first-order valence-electron chi connectivity index (χ1n) is 5.21. The minimum Gasteiger partial charge on any atom is -0.488 e. The quantitative estimate of drug-likeness (QED) is 0.900. The molecule has 0 bridgehead atoms. The highest BCUT2D eigenvalue weighted by Gasteiger charge is 2.34. The second kappa shape index (κ2) is 6.24. The van der Waals surface area contributed by atoms with Crippen molar-refractivity contribution in [1.82, 2.24) is 0 Å². The maximum atomic E-state index is 12.8. The Labute approximate surface area is 112 Å². The van der Waals surface area contributed by atoms with Crippen molar-refractivity contribution in [1.29, 1.82) is 0 Å². The van der Waals surface area contributed by atoms with Crippen LogP contribution < -0.4 is 10.5 Å². The molecule has 0 aliphatic carbocycles. The molecule has 0 saturated heterocycles. The van der Waals surface area contributed by atoms with E-state index in [0.29, 0.717) is 23.0 Å². The van der Waals surface area contributed by atoms with E-state index in [1.807, 2.05) is 0 Å².